The molecule has 0 aliphatic rings. The van der Waals surface area contributed by atoms with Gasteiger partial charge in [0.05, 0.1) is 0 Å². The van der Waals surface area contributed by atoms with E-state index in [1.807, 2.05) is 12.1 Å². The van der Waals surface area contributed by atoms with Crippen LogP contribution in [0.25, 0.3) is 0 Å². The second-order valence-corrected chi connectivity index (χ2v) is 5.61. The summed E-state index contributed by atoms with van der Waals surface area (Å²) in [6, 6.07) is 12.0. The van der Waals surface area contributed by atoms with Crippen LogP contribution >= 0.6 is 22.6 Å². The normalized spacial score (nSPS) is 11.0. The Kier molecular flexibility index (Phi) is 5.69. The predicted octanol–water partition coefficient (Wildman–Crippen LogP) is 4.21. The minimum Gasteiger partial charge on any atom is -0.484 e. The lowest BCUT2D eigenvalue weighted by molar-refractivity contribution is -0.274. The van der Waals surface area contributed by atoms with E-state index in [1.165, 1.54) is 12.1 Å². The number of anilines is 1. The van der Waals surface area contributed by atoms with Crippen LogP contribution in [0.2, 0.25) is 0 Å². The molecule has 0 saturated heterocycles. The van der Waals surface area contributed by atoms with Crippen molar-refractivity contribution in [3.63, 3.8) is 0 Å². The number of rotatable bonds is 5. The fourth-order valence-corrected chi connectivity index (χ4v) is 1.98. The molecule has 2 aromatic carbocycles. The molecule has 0 bridgehead atoms. The molecule has 2 aromatic rings. The van der Waals surface area contributed by atoms with E-state index in [4.69, 9.17) is 4.74 Å². The topological polar surface area (TPSA) is 47.6 Å². The number of benzene rings is 2. The van der Waals surface area contributed by atoms with Crippen molar-refractivity contribution >= 4 is 34.2 Å². The molecule has 0 aromatic heterocycles. The van der Waals surface area contributed by atoms with E-state index in [9.17, 15) is 18.0 Å². The number of ether oxygens (including phenoxy) is 2. The van der Waals surface area contributed by atoms with Gasteiger partial charge in [0.1, 0.15) is 11.5 Å². The predicted molar refractivity (Wildman–Crippen MR) is 86.4 cm³/mol. The Hall–Kier alpha value is -1.97. The lowest BCUT2D eigenvalue weighted by Crippen LogP contribution is -2.20. The summed E-state index contributed by atoms with van der Waals surface area (Å²) in [5, 5.41) is 2.51. The molecule has 0 heterocycles. The molecular weight excluding hydrogens is 426 g/mol. The van der Waals surface area contributed by atoms with E-state index in [1.54, 1.807) is 12.1 Å². The fraction of sp³-hybridized carbons (Fsp3) is 0.133. The zero-order valence-corrected chi connectivity index (χ0v) is 13.7. The summed E-state index contributed by atoms with van der Waals surface area (Å²) < 4.78 is 46.2. The third-order valence-electron chi connectivity index (χ3n) is 2.56. The average molecular weight is 437 g/mol. The molecule has 23 heavy (non-hydrogen) atoms. The van der Waals surface area contributed by atoms with Gasteiger partial charge in [-0.3, -0.25) is 4.79 Å². The van der Waals surface area contributed by atoms with Gasteiger partial charge in [0.15, 0.2) is 6.61 Å². The van der Waals surface area contributed by atoms with E-state index in [0.717, 1.165) is 15.7 Å². The maximum Gasteiger partial charge on any atom is 0.573 e. The summed E-state index contributed by atoms with van der Waals surface area (Å²) in [5.74, 6) is -0.229. The zero-order chi connectivity index (χ0) is 16.9. The molecule has 0 fully saturated rings. The number of carbonyl (C=O) groups excluding carboxylic acids is 1. The smallest absolute Gasteiger partial charge is 0.484 e. The molecule has 4 nitrogen and oxygen atoms in total. The van der Waals surface area contributed by atoms with Crippen LogP contribution in [0.5, 0.6) is 11.5 Å². The highest BCUT2D eigenvalue weighted by Gasteiger charge is 2.30. The molecule has 2 rings (SSSR count). The standard InChI is InChI=1S/C15H11F3INO3/c16-15(17,18)23-13-7-3-11(4-8-13)20-14(21)9-22-12-5-1-10(19)2-6-12/h1-8H,9H2,(H,20,21). The molecule has 0 atom stereocenters. The lowest BCUT2D eigenvalue weighted by Gasteiger charge is -2.10. The molecule has 0 spiro atoms. The van der Waals surface area contributed by atoms with Crippen LogP contribution in [0.4, 0.5) is 18.9 Å². The zero-order valence-electron chi connectivity index (χ0n) is 11.6. The highest BCUT2D eigenvalue weighted by Crippen LogP contribution is 2.24. The molecule has 0 radical (unpaired) electrons. The van der Waals surface area contributed by atoms with Crippen molar-refractivity contribution in [1.29, 1.82) is 0 Å². The van der Waals surface area contributed by atoms with Crippen molar-refractivity contribution < 1.29 is 27.4 Å². The fourth-order valence-electron chi connectivity index (χ4n) is 1.62. The minimum atomic E-state index is -4.74. The van der Waals surface area contributed by atoms with Crippen LogP contribution < -0.4 is 14.8 Å². The van der Waals surface area contributed by atoms with Gasteiger partial charge >= 0.3 is 6.36 Å². The Balaban J connectivity index is 1.84. The average Bonchev–Trinajstić information content (AvgIpc) is 2.47. The molecule has 0 saturated carbocycles. The molecule has 0 aliphatic heterocycles. The summed E-state index contributed by atoms with van der Waals surface area (Å²) in [6.07, 6.45) is -4.74. The Morgan fingerprint density at radius 3 is 2.13 bits per heavy atom. The summed E-state index contributed by atoms with van der Waals surface area (Å²) in [6.45, 7) is -0.207. The SMILES string of the molecule is O=C(COc1ccc(I)cc1)Nc1ccc(OC(F)(F)F)cc1. The second kappa shape index (κ2) is 7.53. The second-order valence-electron chi connectivity index (χ2n) is 4.36. The van der Waals surface area contributed by atoms with E-state index < -0.39 is 12.3 Å². The largest absolute Gasteiger partial charge is 0.573 e. The summed E-state index contributed by atoms with van der Waals surface area (Å²) in [5.41, 5.74) is 0.343. The first-order valence-electron chi connectivity index (χ1n) is 6.36. The van der Waals surface area contributed by atoms with Crippen LogP contribution in [0.3, 0.4) is 0 Å². The van der Waals surface area contributed by atoms with Gasteiger partial charge in [0.2, 0.25) is 0 Å². The number of alkyl halides is 3. The first kappa shape index (κ1) is 17.4. The number of carbonyl (C=O) groups is 1. The van der Waals surface area contributed by atoms with Crippen LogP contribution in [-0.4, -0.2) is 18.9 Å². The minimum absolute atomic E-state index is 0.207. The number of amides is 1. The van der Waals surface area contributed by atoms with Gasteiger partial charge in [-0.1, -0.05) is 0 Å². The molecule has 1 N–H and O–H groups in total. The van der Waals surface area contributed by atoms with Gasteiger partial charge in [0, 0.05) is 9.26 Å². The monoisotopic (exact) mass is 437 g/mol. The van der Waals surface area contributed by atoms with Crippen LogP contribution in [0.1, 0.15) is 0 Å². The van der Waals surface area contributed by atoms with E-state index in [0.29, 0.717) is 11.4 Å². The summed E-state index contributed by atoms with van der Waals surface area (Å²) >= 11 is 2.15. The van der Waals surface area contributed by atoms with E-state index >= 15 is 0 Å². The highest BCUT2D eigenvalue weighted by atomic mass is 127. The van der Waals surface area contributed by atoms with Crippen LogP contribution in [0, 0.1) is 3.57 Å². The first-order valence-corrected chi connectivity index (χ1v) is 7.44. The third-order valence-corrected chi connectivity index (χ3v) is 3.27. The molecule has 122 valence electrons. The van der Waals surface area contributed by atoms with Crippen molar-refractivity contribution in [3.8, 4) is 11.5 Å². The van der Waals surface area contributed by atoms with Gasteiger partial charge in [-0.05, 0) is 71.1 Å². The number of nitrogens with one attached hydrogen (secondary N) is 1. The first-order chi connectivity index (χ1) is 10.8. The van der Waals surface area contributed by atoms with Crippen molar-refractivity contribution in [2.75, 3.05) is 11.9 Å². The van der Waals surface area contributed by atoms with Crippen molar-refractivity contribution in [3.05, 3.63) is 52.1 Å². The third kappa shape index (κ3) is 6.35. The molecule has 8 heteroatoms. The Labute approximate surface area is 143 Å². The number of halogens is 4. The van der Waals surface area contributed by atoms with Gasteiger partial charge < -0.3 is 14.8 Å². The Morgan fingerprint density at radius 2 is 1.57 bits per heavy atom. The Morgan fingerprint density at radius 1 is 1.00 bits per heavy atom. The molecular formula is C15H11F3INO3. The van der Waals surface area contributed by atoms with Crippen LogP contribution in [0.15, 0.2) is 48.5 Å². The maximum absolute atomic E-state index is 12.0. The summed E-state index contributed by atoms with van der Waals surface area (Å²) in [4.78, 5) is 11.7. The lowest BCUT2D eigenvalue weighted by atomic mass is 10.3. The van der Waals surface area contributed by atoms with Gasteiger partial charge in [-0.15, -0.1) is 13.2 Å². The van der Waals surface area contributed by atoms with E-state index in [-0.39, 0.29) is 12.4 Å². The van der Waals surface area contributed by atoms with Crippen molar-refractivity contribution in [2.24, 2.45) is 0 Å². The number of hydrogen-bond acceptors (Lipinski definition) is 3. The van der Waals surface area contributed by atoms with Gasteiger partial charge in [-0.25, -0.2) is 0 Å². The molecule has 0 unspecified atom stereocenters. The Bertz CT molecular complexity index is 657. The van der Waals surface area contributed by atoms with Crippen LogP contribution in [-0.2, 0) is 4.79 Å². The highest BCUT2D eigenvalue weighted by molar-refractivity contribution is 14.1. The van der Waals surface area contributed by atoms with Crippen molar-refractivity contribution in [1.82, 2.24) is 0 Å². The maximum atomic E-state index is 12.0. The quantitative estimate of drug-likeness (QED) is 0.714. The van der Waals surface area contributed by atoms with Crippen molar-refractivity contribution in [2.45, 2.75) is 6.36 Å². The van der Waals surface area contributed by atoms with Gasteiger partial charge in [0.25, 0.3) is 5.91 Å². The summed E-state index contributed by atoms with van der Waals surface area (Å²) in [7, 11) is 0. The van der Waals surface area contributed by atoms with E-state index in [2.05, 4.69) is 32.6 Å². The molecule has 0 aliphatic carbocycles. The molecule has 1 amide bonds. The van der Waals surface area contributed by atoms with Gasteiger partial charge in [-0.2, -0.15) is 0 Å². The number of hydrogen-bond donors (Lipinski definition) is 1.